The number of rotatable bonds is 5. The molecular formula is C24H18O8. The lowest BCUT2D eigenvalue weighted by atomic mass is 9.86. The highest BCUT2D eigenvalue weighted by Gasteiger charge is 2.38. The van der Waals surface area contributed by atoms with Crippen LogP contribution >= 0.6 is 0 Å². The van der Waals surface area contributed by atoms with E-state index in [1.807, 2.05) is 6.92 Å². The van der Waals surface area contributed by atoms with Gasteiger partial charge in [-0.1, -0.05) is 24.3 Å². The number of hydrogen-bond donors (Lipinski definition) is 3. The fourth-order valence-electron chi connectivity index (χ4n) is 3.27. The number of esters is 1. The van der Waals surface area contributed by atoms with Crippen molar-refractivity contribution >= 4 is 28.7 Å². The molecule has 1 aliphatic heterocycles. The molecule has 2 aromatic carbocycles. The highest BCUT2D eigenvalue weighted by molar-refractivity contribution is 6.47. The normalized spacial score (nSPS) is 20.8. The maximum atomic E-state index is 13.3. The van der Waals surface area contributed by atoms with Gasteiger partial charge in [-0.2, -0.15) is 0 Å². The second-order valence-electron chi connectivity index (χ2n) is 7.27. The molecule has 0 saturated carbocycles. The first-order valence-electron chi connectivity index (χ1n) is 9.67. The standard InChI is InChI=1S/C24H18O8/c1-12-17(31-12)10-11-18(27)32-24-20(14-4-8-16(26)9-5-14)22(29)21(28)19(23(24)30)13-2-6-15(25)7-3-13/h2-12,17,25-26,28H,1H3/b11-10-/t12-,17-/m0/s1. The van der Waals surface area contributed by atoms with Crippen molar-refractivity contribution in [3.8, 4) is 11.5 Å². The molecular weight excluding hydrogens is 416 g/mol. The first kappa shape index (κ1) is 21.1. The number of phenolic OH excluding ortho intramolecular Hbond substituents is 2. The van der Waals surface area contributed by atoms with Crippen molar-refractivity contribution in [3.05, 3.63) is 83.3 Å². The minimum atomic E-state index is -0.927. The Labute approximate surface area is 182 Å². The molecule has 162 valence electrons. The monoisotopic (exact) mass is 434 g/mol. The average Bonchev–Trinajstić information content (AvgIpc) is 3.48. The van der Waals surface area contributed by atoms with E-state index in [2.05, 4.69) is 0 Å². The van der Waals surface area contributed by atoms with E-state index in [-0.39, 0.29) is 46.0 Å². The summed E-state index contributed by atoms with van der Waals surface area (Å²) in [4.78, 5) is 38.7. The molecule has 3 N–H and O–H groups in total. The Morgan fingerprint density at radius 2 is 1.38 bits per heavy atom. The van der Waals surface area contributed by atoms with Crippen LogP contribution in [0.1, 0.15) is 18.1 Å². The molecule has 2 aromatic rings. The van der Waals surface area contributed by atoms with Crippen LogP contribution in [0.15, 0.2) is 72.2 Å². The van der Waals surface area contributed by atoms with Gasteiger partial charge in [-0.05, 0) is 48.4 Å². The number of carbonyl (C=O) groups excluding carboxylic acids is 3. The molecule has 0 bridgehead atoms. The van der Waals surface area contributed by atoms with Gasteiger partial charge in [-0.25, -0.2) is 4.79 Å². The van der Waals surface area contributed by atoms with Crippen LogP contribution in [-0.2, 0) is 23.9 Å². The fraction of sp³-hybridized carbons (Fsp3) is 0.125. The topological polar surface area (TPSA) is 134 Å². The molecule has 1 fully saturated rings. The van der Waals surface area contributed by atoms with Gasteiger partial charge in [0.05, 0.1) is 17.3 Å². The molecule has 2 atom stereocenters. The highest BCUT2D eigenvalue weighted by atomic mass is 16.6. The molecule has 0 aromatic heterocycles. The number of allylic oxidation sites excluding steroid dienone is 2. The molecule has 1 aliphatic carbocycles. The van der Waals surface area contributed by atoms with Gasteiger partial charge in [0.1, 0.15) is 17.6 Å². The van der Waals surface area contributed by atoms with Crippen molar-refractivity contribution in [3.63, 3.8) is 0 Å². The van der Waals surface area contributed by atoms with Gasteiger partial charge in [0.15, 0.2) is 11.5 Å². The maximum absolute atomic E-state index is 13.3. The molecule has 1 heterocycles. The van der Waals surface area contributed by atoms with Gasteiger partial charge >= 0.3 is 5.97 Å². The molecule has 2 aliphatic rings. The lowest BCUT2D eigenvalue weighted by Crippen LogP contribution is -2.25. The predicted octanol–water partition coefficient (Wildman–Crippen LogP) is 2.82. The summed E-state index contributed by atoms with van der Waals surface area (Å²) in [6.07, 6.45) is 2.33. The van der Waals surface area contributed by atoms with Crippen molar-refractivity contribution in [2.75, 3.05) is 0 Å². The summed E-state index contributed by atoms with van der Waals surface area (Å²) in [5.41, 5.74) is -0.340. The first-order chi connectivity index (χ1) is 15.3. The smallest absolute Gasteiger partial charge is 0.336 e. The van der Waals surface area contributed by atoms with E-state index in [9.17, 15) is 29.7 Å². The average molecular weight is 434 g/mol. The number of Topliss-reactive ketones (excluding diaryl/α,β-unsaturated/α-hetero) is 2. The third-order valence-corrected chi connectivity index (χ3v) is 5.03. The zero-order valence-corrected chi connectivity index (χ0v) is 16.8. The quantitative estimate of drug-likeness (QED) is 0.283. The van der Waals surface area contributed by atoms with Crippen molar-refractivity contribution in [1.29, 1.82) is 0 Å². The Hall–Kier alpha value is -4.17. The third-order valence-electron chi connectivity index (χ3n) is 5.03. The number of aliphatic hydroxyl groups is 1. The van der Waals surface area contributed by atoms with Crippen LogP contribution in [-0.4, -0.2) is 45.1 Å². The second kappa shape index (κ2) is 8.16. The zero-order valence-electron chi connectivity index (χ0n) is 16.8. The number of aromatic hydroxyl groups is 2. The second-order valence-corrected chi connectivity index (χ2v) is 7.27. The van der Waals surface area contributed by atoms with E-state index in [4.69, 9.17) is 9.47 Å². The zero-order chi connectivity index (χ0) is 23.0. The Balaban J connectivity index is 1.78. The van der Waals surface area contributed by atoms with E-state index >= 15 is 0 Å². The van der Waals surface area contributed by atoms with Crippen molar-refractivity contribution < 1.29 is 39.2 Å². The minimum absolute atomic E-state index is 0.0234. The van der Waals surface area contributed by atoms with E-state index in [0.717, 1.165) is 6.08 Å². The van der Waals surface area contributed by atoms with Crippen LogP contribution in [0.2, 0.25) is 0 Å². The largest absolute Gasteiger partial charge is 0.508 e. The number of carbonyl (C=O) groups is 3. The van der Waals surface area contributed by atoms with Crippen LogP contribution in [0.3, 0.4) is 0 Å². The van der Waals surface area contributed by atoms with E-state index < -0.39 is 29.1 Å². The molecule has 32 heavy (non-hydrogen) atoms. The van der Waals surface area contributed by atoms with Gasteiger partial charge < -0.3 is 24.8 Å². The van der Waals surface area contributed by atoms with Crippen LogP contribution in [0, 0.1) is 0 Å². The summed E-state index contributed by atoms with van der Waals surface area (Å²) < 4.78 is 10.5. The summed E-state index contributed by atoms with van der Waals surface area (Å²) in [5, 5.41) is 29.6. The van der Waals surface area contributed by atoms with Gasteiger partial charge in [0.25, 0.3) is 0 Å². The van der Waals surface area contributed by atoms with Crippen LogP contribution in [0.4, 0.5) is 0 Å². The molecule has 8 nitrogen and oxygen atoms in total. The van der Waals surface area contributed by atoms with Crippen molar-refractivity contribution in [2.45, 2.75) is 19.1 Å². The number of ketones is 2. The number of phenols is 2. The van der Waals surface area contributed by atoms with E-state index in [1.54, 1.807) is 0 Å². The Morgan fingerprint density at radius 3 is 1.88 bits per heavy atom. The molecule has 0 unspecified atom stereocenters. The van der Waals surface area contributed by atoms with Crippen molar-refractivity contribution in [1.82, 2.24) is 0 Å². The summed E-state index contributed by atoms with van der Waals surface area (Å²) in [6, 6.07) is 10.6. The minimum Gasteiger partial charge on any atom is -0.508 e. The molecule has 8 heteroatoms. The van der Waals surface area contributed by atoms with E-state index in [1.165, 1.54) is 54.6 Å². The Morgan fingerprint density at radius 1 is 0.875 bits per heavy atom. The number of ether oxygens (including phenoxy) is 2. The van der Waals surface area contributed by atoms with Crippen LogP contribution < -0.4 is 0 Å². The van der Waals surface area contributed by atoms with E-state index in [0.29, 0.717) is 0 Å². The van der Waals surface area contributed by atoms with Crippen LogP contribution in [0.25, 0.3) is 11.1 Å². The Bertz CT molecular complexity index is 1200. The fourth-order valence-corrected chi connectivity index (χ4v) is 3.27. The first-order valence-corrected chi connectivity index (χ1v) is 9.67. The Kier molecular flexibility index (Phi) is 5.38. The molecule has 4 rings (SSSR count). The summed E-state index contributed by atoms with van der Waals surface area (Å²) in [7, 11) is 0. The molecule has 0 amide bonds. The van der Waals surface area contributed by atoms with Gasteiger partial charge in [0, 0.05) is 6.08 Å². The lowest BCUT2D eigenvalue weighted by Gasteiger charge is -2.21. The number of benzene rings is 2. The van der Waals surface area contributed by atoms with Crippen molar-refractivity contribution in [2.24, 2.45) is 0 Å². The third kappa shape index (κ3) is 4.03. The highest BCUT2D eigenvalue weighted by Crippen LogP contribution is 2.36. The predicted molar refractivity (Wildman–Crippen MR) is 112 cm³/mol. The SMILES string of the molecule is C[C@@H]1O[C@H]1/C=C\C(=O)OC1=C(c2ccc(O)cc2)C(=O)C(O)=C(c2ccc(O)cc2)C1=O. The number of aliphatic hydroxyl groups excluding tert-OH is 1. The van der Waals surface area contributed by atoms with Gasteiger partial charge in [-0.15, -0.1) is 0 Å². The lowest BCUT2D eigenvalue weighted by molar-refractivity contribution is -0.136. The molecule has 0 spiro atoms. The number of epoxide rings is 1. The van der Waals surface area contributed by atoms with Gasteiger partial charge in [-0.3, -0.25) is 9.59 Å². The van der Waals surface area contributed by atoms with Crippen LogP contribution in [0.5, 0.6) is 11.5 Å². The number of hydrogen-bond acceptors (Lipinski definition) is 8. The maximum Gasteiger partial charge on any atom is 0.336 e. The summed E-state index contributed by atoms with van der Waals surface area (Å²) in [5.74, 6) is -4.23. The molecule has 1 saturated heterocycles. The summed E-state index contributed by atoms with van der Waals surface area (Å²) in [6.45, 7) is 1.83. The summed E-state index contributed by atoms with van der Waals surface area (Å²) >= 11 is 0. The molecule has 0 radical (unpaired) electrons. The van der Waals surface area contributed by atoms with Gasteiger partial charge in [0.2, 0.25) is 11.6 Å².